The van der Waals surface area contributed by atoms with Gasteiger partial charge in [-0.15, -0.1) is 0 Å². The predicted octanol–water partition coefficient (Wildman–Crippen LogP) is 4.95. The van der Waals surface area contributed by atoms with Crippen LogP contribution in [0.3, 0.4) is 0 Å². The Labute approximate surface area is 141 Å². The smallest absolute Gasteiger partial charge is 0.244 e. The molecule has 118 valence electrons. The maximum Gasteiger partial charge on any atom is 0.244 e. The number of hydrogen-bond donors (Lipinski definition) is 1. The number of nitrogens with one attached hydrogen (secondary N) is 1. The summed E-state index contributed by atoms with van der Waals surface area (Å²) in [5.41, 5.74) is 0.800. The molecule has 4 atom stereocenters. The molecule has 4 heteroatoms. The highest BCUT2D eigenvalue weighted by Gasteiger charge is 2.41. The molecular weight excluding hydrogens is 317 g/mol. The summed E-state index contributed by atoms with van der Waals surface area (Å²) < 4.78 is 0. The largest absolute Gasteiger partial charge is 0.350 e. The van der Waals surface area contributed by atoms with E-state index in [1.54, 1.807) is 24.3 Å². The first kappa shape index (κ1) is 15.9. The summed E-state index contributed by atoms with van der Waals surface area (Å²) >= 11 is 12.0. The highest BCUT2D eigenvalue weighted by molar-refractivity contribution is 6.35. The average Bonchev–Trinajstić information content (AvgIpc) is 3.09. The quantitative estimate of drug-likeness (QED) is 0.774. The molecule has 0 heterocycles. The van der Waals surface area contributed by atoms with Crippen LogP contribution in [0.4, 0.5) is 0 Å². The van der Waals surface area contributed by atoms with Crippen LogP contribution in [0.15, 0.2) is 24.3 Å². The summed E-state index contributed by atoms with van der Waals surface area (Å²) in [5, 5.41) is 4.26. The maximum atomic E-state index is 12.1. The third-order valence-corrected chi connectivity index (χ3v) is 5.74. The number of hydrogen-bond acceptors (Lipinski definition) is 1. The summed E-state index contributed by atoms with van der Waals surface area (Å²) in [6.07, 6.45) is 8.66. The molecule has 2 aliphatic carbocycles. The number of fused-ring (bicyclic) bond motifs is 2. The maximum absolute atomic E-state index is 12.1. The predicted molar refractivity (Wildman–Crippen MR) is 92.0 cm³/mol. The van der Waals surface area contributed by atoms with Crippen LogP contribution in [0.1, 0.15) is 38.2 Å². The van der Waals surface area contributed by atoms with Crippen molar-refractivity contribution < 1.29 is 4.79 Å². The van der Waals surface area contributed by atoms with E-state index in [2.05, 4.69) is 12.2 Å². The van der Waals surface area contributed by atoms with Gasteiger partial charge in [0, 0.05) is 22.2 Å². The van der Waals surface area contributed by atoms with Crippen LogP contribution in [0.25, 0.3) is 6.08 Å². The molecule has 1 amide bonds. The Bertz CT molecular complexity index is 599. The van der Waals surface area contributed by atoms with Crippen molar-refractivity contribution in [1.82, 2.24) is 5.32 Å². The average molecular weight is 338 g/mol. The highest BCUT2D eigenvalue weighted by atomic mass is 35.5. The number of carbonyl (C=O) groups excluding carboxylic acids is 1. The third-order valence-electron chi connectivity index (χ3n) is 5.18. The lowest BCUT2D eigenvalue weighted by Crippen LogP contribution is -2.39. The lowest BCUT2D eigenvalue weighted by Gasteiger charge is -2.28. The second kappa shape index (κ2) is 6.64. The molecule has 1 aromatic carbocycles. The van der Waals surface area contributed by atoms with Gasteiger partial charge in [-0.3, -0.25) is 4.79 Å². The molecule has 22 heavy (non-hydrogen) atoms. The van der Waals surface area contributed by atoms with Crippen LogP contribution in [0.2, 0.25) is 10.0 Å². The molecule has 0 saturated heterocycles. The monoisotopic (exact) mass is 337 g/mol. The Morgan fingerprint density at radius 3 is 2.77 bits per heavy atom. The van der Waals surface area contributed by atoms with Gasteiger partial charge >= 0.3 is 0 Å². The molecule has 2 fully saturated rings. The standard InChI is InChI=1S/C18H21Cl2NO/c1-11(16-9-12-2-3-14(16)8-12)21-18(22)7-5-13-4-6-15(19)10-17(13)20/h4-7,10-12,14,16H,2-3,8-9H2,1H3,(H,21,22)/b7-5+/t11-,12-,14-,16+/m1/s1. The van der Waals surface area contributed by atoms with Gasteiger partial charge in [0.1, 0.15) is 0 Å². The molecule has 0 radical (unpaired) electrons. The zero-order valence-electron chi connectivity index (χ0n) is 12.7. The minimum atomic E-state index is -0.0544. The first-order valence-electron chi connectivity index (χ1n) is 7.96. The number of carbonyl (C=O) groups is 1. The molecular formula is C18H21Cl2NO. The number of benzene rings is 1. The minimum absolute atomic E-state index is 0.0544. The van der Waals surface area contributed by atoms with E-state index < -0.39 is 0 Å². The number of amides is 1. The van der Waals surface area contributed by atoms with E-state index in [4.69, 9.17) is 23.2 Å². The zero-order valence-corrected chi connectivity index (χ0v) is 14.2. The van der Waals surface area contributed by atoms with Gasteiger partial charge in [-0.1, -0.05) is 35.7 Å². The molecule has 3 rings (SSSR count). The van der Waals surface area contributed by atoms with Crippen LogP contribution in [0.5, 0.6) is 0 Å². The molecule has 0 spiro atoms. The van der Waals surface area contributed by atoms with Gasteiger partial charge in [0.2, 0.25) is 5.91 Å². The summed E-state index contributed by atoms with van der Waals surface area (Å²) in [7, 11) is 0. The van der Waals surface area contributed by atoms with E-state index in [1.165, 1.54) is 25.7 Å². The lowest BCUT2D eigenvalue weighted by atomic mass is 9.84. The normalized spacial score (nSPS) is 28.2. The van der Waals surface area contributed by atoms with Crippen LogP contribution >= 0.6 is 23.2 Å². The summed E-state index contributed by atoms with van der Waals surface area (Å²) in [4.78, 5) is 12.1. The van der Waals surface area contributed by atoms with E-state index in [9.17, 15) is 4.79 Å². The van der Waals surface area contributed by atoms with Crippen LogP contribution in [-0.2, 0) is 4.79 Å². The Morgan fingerprint density at radius 1 is 1.32 bits per heavy atom. The van der Waals surface area contributed by atoms with Crippen molar-refractivity contribution in [3.8, 4) is 0 Å². The van der Waals surface area contributed by atoms with Gasteiger partial charge in [-0.05, 0) is 67.7 Å². The second-order valence-electron chi connectivity index (χ2n) is 6.64. The molecule has 1 N–H and O–H groups in total. The Morgan fingerprint density at radius 2 is 2.14 bits per heavy atom. The molecule has 1 aromatic rings. The van der Waals surface area contributed by atoms with Gasteiger partial charge in [0.05, 0.1) is 0 Å². The van der Waals surface area contributed by atoms with Crippen molar-refractivity contribution in [3.63, 3.8) is 0 Å². The fourth-order valence-corrected chi connectivity index (χ4v) is 4.56. The van der Waals surface area contributed by atoms with Gasteiger partial charge in [0.15, 0.2) is 0 Å². The van der Waals surface area contributed by atoms with Gasteiger partial charge in [-0.25, -0.2) is 0 Å². The third kappa shape index (κ3) is 3.49. The zero-order chi connectivity index (χ0) is 15.7. The first-order valence-corrected chi connectivity index (χ1v) is 8.72. The molecule has 0 unspecified atom stereocenters. The second-order valence-corrected chi connectivity index (χ2v) is 7.48. The molecule has 2 aliphatic rings. The molecule has 2 saturated carbocycles. The Hall–Kier alpha value is -0.990. The number of rotatable bonds is 4. The summed E-state index contributed by atoms with van der Waals surface area (Å²) in [5.74, 6) is 2.31. The topological polar surface area (TPSA) is 29.1 Å². The fourth-order valence-electron chi connectivity index (χ4n) is 4.09. The van der Waals surface area contributed by atoms with E-state index in [1.807, 2.05) is 6.07 Å². The van der Waals surface area contributed by atoms with Crippen molar-refractivity contribution in [2.75, 3.05) is 0 Å². The van der Waals surface area contributed by atoms with Crippen molar-refractivity contribution in [3.05, 3.63) is 39.9 Å². The van der Waals surface area contributed by atoms with Gasteiger partial charge < -0.3 is 5.32 Å². The van der Waals surface area contributed by atoms with Crippen LogP contribution < -0.4 is 5.32 Å². The fraction of sp³-hybridized carbons (Fsp3) is 0.500. The molecule has 0 aromatic heterocycles. The van der Waals surface area contributed by atoms with Gasteiger partial charge in [-0.2, -0.15) is 0 Å². The van der Waals surface area contributed by atoms with Crippen molar-refractivity contribution in [1.29, 1.82) is 0 Å². The van der Waals surface area contributed by atoms with Crippen LogP contribution in [-0.4, -0.2) is 11.9 Å². The Kier molecular flexibility index (Phi) is 4.79. The molecule has 2 nitrogen and oxygen atoms in total. The van der Waals surface area contributed by atoms with E-state index in [0.717, 1.165) is 17.4 Å². The number of halogens is 2. The van der Waals surface area contributed by atoms with Crippen molar-refractivity contribution in [2.24, 2.45) is 17.8 Å². The van der Waals surface area contributed by atoms with Crippen LogP contribution in [0, 0.1) is 17.8 Å². The molecule has 0 aliphatic heterocycles. The lowest BCUT2D eigenvalue weighted by molar-refractivity contribution is -0.117. The summed E-state index contributed by atoms with van der Waals surface area (Å²) in [6.45, 7) is 2.13. The first-order chi connectivity index (χ1) is 10.5. The Balaban J connectivity index is 1.56. The SMILES string of the molecule is C[C@@H](NC(=O)/C=C/c1ccc(Cl)cc1Cl)[C@@H]1C[C@@H]2CC[C@@H]1C2. The molecule has 2 bridgehead atoms. The highest BCUT2D eigenvalue weighted by Crippen LogP contribution is 2.49. The van der Waals surface area contributed by atoms with E-state index >= 15 is 0 Å². The summed E-state index contributed by atoms with van der Waals surface area (Å²) in [6, 6.07) is 5.50. The van der Waals surface area contributed by atoms with E-state index in [0.29, 0.717) is 16.0 Å². The van der Waals surface area contributed by atoms with Gasteiger partial charge in [0.25, 0.3) is 0 Å². The van der Waals surface area contributed by atoms with Crippen molar-refractivity contribution in [2.45, 2.75) is 38.6 Å². The van der Waals surface area contributed by atoms with Crippen molar-refractivity contribution >= 4 is 35.2 Å². The van der Waals surface area contributed by atoms with E-state index in [-0.39, 0.29) is 11.9 Å². The minimum Gasteiger partial charge on any atom is -0.350 e.